The van der Waals surface area contributed by atoms with Crippen LogP contribution in [0, 0.1) is 11.3 Å². The molecule has 0 radical (unpaired) electrons. The van der Waals surface area contributed by atoms with Crippen molar-refractivity contribution in [1.82, 2.24) is 9.97 Å². The van der Waals surface area contributed by atoms with Gasteiger partial charge in [0.25, 0.3) is 0 Å². The average molecular weight is 516 g/mol. The molecular weight excluding hydrogens is 490 g/mol. The molecule has 0 fully saturated rings. The van der Waals surface area contributed by atoms with Gasteiger partial charge in [-0.3, -0.25) is 4.79 Å². The van der Waals surface area contributed by atoms with Gasteiger partial charge in [-0.1, -0.05) is 66.7 Å². The zero-order valence-corrected chi connectivity index (χ0v) is 21.1. The topological polar surface area (TPSA) is 105 Å². The predicted octanol–water partition coefficient (Wildman–Crippen LogP) is 6.66. The number of rotatable bonds is 10. The number of aromatic nitrogens is 2. The summed E-state index contributed by atoms with van der Waals surface area (Å²) < 4.78 is 11.8. The van der Waals surface area contributed by atoms with Crippen molar-refractivity contribution in [2.45, 2.75) is 19.4 Å². The number of carboxylic acid groups (broad SMARTS) is 1. The van der Waals surface area contributed by atoms with Crippen LogP contribution >= 0.6 is 0 Å². The van der Waals surface area contributed by atoms with E-state index in [0.717, 1.165) is 33.2 Å². The molecule has 0 saturated heterocycles. The van der Waals surface area contributed by atoms with Crippen molar-refractivity contribution in [2.75, 3.05) is 6.61 Å². The molecule has 0 unspecified atom stereocenters. The lowest BCUT2D eigenvalue weighted by molar-refractivity contribution is -0.137. The molecule has 192 valence electrons. The lowest BCUT2D eigenvalue weighted by atomic mass is 10.1. The first-order valence-corrected chi connectivity index (χ1v) is 12.5. The fourth-order valence-electron chi connectivity index (χ4n) is 4.16. The lowest BCUT2D eigenvalue weighted by Gasteiger charge is -2.12. The summed E-state index contributed by atoms with van der Waals surface area (Å²) in [5, 5.41) is 20.2. The van der Waals surface area contributed by atoms with Gasteiger partial charge in [-0.2, -0.15) is 10.2 Å². The van der Waals surface area contributed by atoms with Gasteiger partial charge in [0.15, 0.2) is 5.82 Å². The maximum absolute atomic E-state index is 10.7. The Hall–Kier alpha value is -5.22. The third kappa shape index (κ3) is 6.38. The van der Waals surface area contributed by atoms with Crippen LogP contribution in [-0.4, -0.2) is 27.7 Å². The minimum atomic E-state index is -0.830. The first kappa shape index (κ1) is 25.4. The highest BCUT2D eigenvalue weighted by atomic mass is 16.5. The number of hydrogen-bond acceptors (Lipinski definition) is 6. The quantitative estimate of drug-likeness (QED) is 0.207. The van der Waals surface area contributed by atoms with E-state index >= 15 is 0 Å². The zero-order valence-electron chi connectivity index (χ0n) is 21.1. The van der Waals surface area contributed by atoms with Gasteiger partial charge in [0, 0.05) is 29.2 Å². The van der Waals surface area contributed by atoms with Gasteiger partial charge in [-0.25, -0.2) is 4.98 Å². The summed E-state index contributed by atoms with van der Waals surface area (Å²) in [7, 11) is 0. The average Bonchev–Trinajstić information content (AvgIpc) is 2.98. The molecule has 0 atom stereocenters. The Morgan fingerprint density at radius 3 is 2.41 bits per heavy atom. The Bertz CT molecular complexity index is 1660. The van der Waals surface area contributed by atoms with Gasteiger partial charge < -0.3 is 14.6 Å². The van der Waals surface area contributed by atoms with Crippen molar-refractivity contribution >= 4 is 16.7 Å². The molecule has 7 heteroatoms. The predicted molar refractivity (Wildman–Crippen MR) is 148 cm³/mol. The van der Waals surface area contributed by atoms with E-state index in [1.54, 1.807) is 6.07 Å². The van der Waals surface area contributed by atoms with E-state index in [0.29, 0.717) is 36.0 Å². The maximum Gasteiger partial charge on any atom is 0.303 e. The number of carboxylic acids is 1. The standard InChI is InChI=1S/C32H25N3O4/c33-20-26-9-4-5-10-27(26)21-39-30-19-29(22-7-2-1-3-8-22)34-32(35-30)25-13-12-24-18-28(15-14-23(24)17-25)38-16-6-11-31(36)37/h1-5,7-10,12-15,17-19H,6,11,16,21H2,(H,36,37). The van der Waals surface area contributed by atoms with Crippen LogP contribution in [-0.2, 0) is 11.4 Å². The van der Waals surface area contributed by atoms with E-state index in [-0.39, 0.29) is 13.0 Å². The van der Waals surface area contributed by atoms with Gasteiger partial charge >= 0.3 is 5.97 Å². The van der Waals surface area contributed by atoms with Gasteiger partial charge in [-0.15, -0.1) is 0 Å². The van der Waals surface area contributed by atoms with Crippen LogP contribution in [0.1, 0.15) is 24.0 Å². The Labute approximate surface area is 225 Å². The van der Waals surface area contributed by atoms with Crippen LogP contribution < -0.4 is 9.47 Å². The van der Waals surface area contributed by atoms with Crippen molar-refractivity contribution in [3.63, 3.8) is 0 Å². The normalized spacial score (nSPS) is 10.6. The number of carbonyl (C=O) groups is 1. The van der Waals surface area contributed by atoms with Crippen molar-refractivity contribution in [3.05, 3.63) is 108 Å². The van der Waals surface area contributed by atoms with Crippen LogP contribution in [0.3, 0.4) is 0 Å². The fourth-order valence-corrected chi connectivity index (χ4v) is 4.16. The van der Waals surface area contributed by atoms with E-state index < -0.39 is 5.97 Å². The van der Waals surface area contributed by atoms with Gasteiger partial charge in [0.2, 0.25) is 5.88 Å². The molecule has 0 aliphatic carbocycles. The largest absolute Gasteiger partial charge is 0.494 e. The number of nitriles is 1. The minimum absolute atomic E-state index is 0.0789. The van der Waals surface area contributed by atoms with Gasteiger partial charge in [0.05, 0.1) is 23.9 Å². The van der Waals surface area contributed by atoms with Crippen LogP contribution in [0.4, 0.5) is 0 Å². The molecule has 5 aromatic rings. The monoisotopic (exact) mass is 515 g/mol. The summed E-state index contributed by atoms with van der Waals surface area (Å²) in [5.41, 5.74) is 3.85. The van der Waals surface area contributed by atoms with E-state index in [4.69, 9.17) is 24.5 Å². The highest BCUT2D eigenvalue weighted by Crippen LogP contribution is 2.29. The first-order chi connectivity index (χ1) is 19.1. The van der Waals surface area contributed by atoms with Crippen molar-refractivity contribution < 1.29 is 19.4 Å². The van der Waals surface area contributed by atoms with Gasteiger partial charge in [0.1, 0.15) is 12.4 Å². The number of hydrogen-bond donors (Lipinski definition) is 1. The lowest BCUT2D eigenvalue weighted by Crippen LogP contribution is -2.02. The SMILES string of the molecule is N#Cc1ccccc1COc1cc(-c2ccccc2)nc(-c2ccc3cc(OCCCC(=O)O)ccc3c2)n1. The summed E-state index contributed by atoms with van der Waals surface area (Å²) in [6.45, 7) is 0.555. The van der Waals surface area contributed by atoms with Gasteiger partial charge in [-0.05, 0) is 41.5 Å². The van der Waals surface area contributed by atoms with Crippen molar-refractivity contribution in [1.29, 1.82) is 5.26 Å². The Morgan fingerprint density at radius 2 is 1.59 bits per heavy atom. The minimum Gasteiger partial charge on any atom is -0.494 e. The number of ether oxygens (including phenoxy) is 2. The first-order valence-electron chi connectivity index (χ1n) is 12.5. The second-order valence-electron chi connectivity index (χ2n) is 8.91. The smallest absolute Gasteiger partial charge is 0.303 e. The number of aliphatic carboxylic acids is 1. The molecule has 39 heavy (non-hydrogen) atoms. The summed E-state index contributed by atoms with van der Waals surface area (Å²) in [4.78, 5) is 20.2. The van der Waals surface area contributed by atoms with Crippen LogP contribution in [0.5, 0.6) is 11.6 Å². The Kier molecular flexibility index (Phi) is 7.75. The van der Waals surface area contributed by atoms with Crippen molar-refractivity contribution in [2.24, 2.45) is 0 Å². The van der Waals surface area contributed by atoms with E-state index in [1.807, 2.05) is 91.0 Å². The van der Waals surface area contributed by atoms with E-state index in [2.05, 4.69) is 6.07 Å². The molecule has 4 aromatic carbocycles. The summed E-state index contributed by atoms with van der Waals surface area (Å²) >= 11 is 0. The molecular formula is C32H25N3O4. The van der Waals surface area contributed by atoms with Crippen LogP contribution in [0.25, 0.3) is 33.4 Å². The van der Waals surface area contributed by atoms with E-state index in [1.165, 1.54) is 0 Å². The molecule has 0 aliphatic heterocycles. The van der Waals surface area contributed by atoms with E-state index in [9.17, 15) is 10.1 Å². The highest BCUT2D eigenvalue weighted by Gasteiger charge is 2.12. The molecule has 0 spiro atoms. The number of benzene rings is 4. The molecule has 5 rings (SSSR count). The maximum atomic E-state index is 10.7. The molecule has 0 saturated carbocycles. The third-order valence-corrected chi connectivity index (χ3v) is 6.16. The highest BCUT2D eigenvalue weighted by molar-refractivity contribution is 5.87. The van der Waals surface area contributed by atoms with Crippen LogP contribution in [0.15, 0.2) is 97.1 Å². The Balaban J connectivity index is 1.44. The molecule has 0 amide bonds. The molecule has 1 heterocycles. The van der Waals surface area contributed by atoms with Crippen molar-refractivity contribution in [3.8, 4) is 40.3 Å². The molecule has 7 nitrogen and oxygen atoms in total. The molecule has 0 bridgehead atoms. The molecule has 0 aliphatic rings. The Morgan fingerprint density at radius 1 is 0.821 bits per heavy atom. The second-order valence-corrected chi connectivity index (χ2v) is 8.91. The zero-order chi connectivity index (χ0) is 27.0. The number of fused-ring (bicyclic) bond motifs is 1. The molecule has 1 N–H and O–H groups in total. The summed E-state index contributed by atoms with van der Waals surface area (Å²) in [6, 6.07) is 32.9. The fraction of sp³-hybridized carbons (Fsp3) is 0.125. The second kappa shape index (κ2) is 11.9. The number of nitrogens with zero attached hydrogens (tertiary/aromatic N) is 3. The third-order valence-electron chi connectivity index (χ3n) is 6.16. The molecule has 1 aromatic heterocycles. The summed E-state index contributed by atoms with van der Waals surface area (Å²) in [6.07, 6.45) is 0.531. The summed E-state index contributed by atoms with van der Waals surface area (Å²) in [5.74, 6) is 0.799. The van der Waals surface area contributed by atoms with Crippen LogP contribution in [0.2, 0.25) is 0 Å².